The second-order valence-corrected chi connectivity index (χ2v) is 15.0. The summed E-state index contributed by atoms with van der Waals surface area (Å²) in [5.41, 5.74) is 1.06. The van der Waals surface area contributed by atoms with Crippen molar-refractivity contribution in [3.63, 3.8) is 0 Å². The van der Waals surface area contributed by atoms with Crippen LogP contribution in [0, 0.1) is 23.3 Å². The van der Waals surface area contributed by atoms with Gasteiger partial charge in [0.2, 0.25) is 5.72 Å². The zero-order chi connectivity index (χ0) is 40.2. The van der Waals surface area contributed by atoms with Crippen LogP contribution in [0.5, 0.6) is 0 Å². The van der Waals surface area contributed by atoms with Gasteiger partial charge < -0.3 is 28.1 Å². The van der Waals surface area contributed by atoms with Gasteiger partial charge in [0.05, 0.1) is 59.6 Å². The molecule has 0 saturated carbocycles. The molecule has 1 fully saturated rings. The van der Waals surface area contributed by atoms with Gasteiger partial charge in [-0.1, -0.05) is 91.0 Å². The highest BCUT2D eigenvalue weighted by molar-refractivity contribution is 6.39. The number of aromatic nitrogens is 2. The molecule has 13 heteroatoms. The number of ether oxygens (including phenoxy) is 4. The van der Waals surface area contributed by atoms with Crippen LogP contribution < -0.4 is 5.32 Å². The molecule has 4 atom stereocenters. The summed E-state index contributed by atoms with van der Waals surface area (Å²) in [6.45, 7) is 0.0280. The second kappa shape index (κ2) is 13.3. The van der Waals surface area contributed by atoms with E-state index in [1.165, 1.54) is 0 Å². The van der Waals surface area contributed by atoms with Gasteiger partial charge in [-0.05, 0) is 28.8 Å². The fraction of sp³-hybridized carbons (Fsp3) is 0.174. The molecule has 11 rings (SSSR count). The Labute approximate surface area is 332 Å². The summed E-state index contributed by atoms with van der Waals surface area (Å²) in [5.74, 6) is -6.32. The molecule has 9 nitrogen and oxygen atoms in total. The number of carbonyl (C=O) groups is 2. The Morgan fingerprint density at radius 2 is 1.14 bits per heavy atom. The normalized spacial score (nSPS) is 20.7. The first kappa shape index (κ1) is 35.8. The Morgan fingerprint density at radius 3 is 1.75 bits per heavy atom. The first-order valence-corrected chi connectivity index (χ1v) is 19.0. The molecule has 2 amide bonds. The van der Waals surface area contributed by atoms with Crippen molar-refractivity contribution in [3.8, 4) is 0 Å². The fourth-order valence-corrected chi connectivity index (χ4v) is 9.29. The Bertz CT molecular complexity index is 3050. The number of amides is 2. The van der Waals surface area contributed by atoms with Crippen LogP contribution >= 0.6 is 0 Å². The molecule has 294 valence electrons. The predicted molar refractivity (Wildman–Crippen MR) is 208 cm³/mol. The number of fused-ring (bicyclic) bond motifs is 13. The molecule has 5 heterocycles. The standard InChI is InChI=1S/C46H31F4N3O6/c47-29-16-27-33(18-31(29)49)52-40-36(27)38-39(44(55)51-43(38)54)37-28-17-30(48)32(50)19-34(28)53(41(37)40)46(58-22-26-14-8-3-9-15-26)35(23-56-20-24-10-4-1-5-11-24)59-45(52)42(46)57-21-25-12-6-2-7-13-25/h1-19,35,42,45H,20-23H2,(H,51,54,55)/t35?,42?,45-,46-/m1/s1. The van der Waals surface area contributed by atoms with Gasteiger partial charge in [0.1, 0.15) is 6.10 Å². The number of nitrogens with one attached hydrogen (secondary N) is 1. The number of halogens is 4. The fourth-order valence-electron chi connectivity index (χ4n) is 9.29. The van der Waals surface area contributed by atoms with E-state index < -0.39 is 59.2 Å². The number of benzene rings is 6. The number of nitrogens with zero attached hydrogens (tertiary/aromatic N) is 2. The largest absolute Gasteiger partial charge is 0.374 e. The van der Waals surface area contributed by atoms with Crippen molar-refractivity contribution in [2.45, 2.75) is 44.0 Å². The average Bonchev–Trinajstić information content (AvgIpc) is 3.91. The molecule has 3 aliphatic rings. The minimum absolute atomic E-state index is 0.0177. The minimum atomic E-state index is -1.81. The van der Waals surface area contributed by atoms with Gasteiger partial charge in [-0.2, -0.15) is 0 Å². The second-order valence-electron chi connectivity index (χ2n) is 15.0. The van der Waals surface area contributed by atoms with Crippen molar-refractivity contribution in [1.82, 2.24) is 14.5 Å². The van der Waals surface area contributed by atoms with E-state index in [4.69, 9.17) is 18.9 Å². The number of rotatable bonds is 10. The lowest BCUT2D eigenvalue weighted by Crippen LogP contribution is -2.54. The molecule has 59 heavy (non-hydrogen) atoms. The minimum Gasteiger partial charge on any atom is -0.374 e. The van der Waals surface area contributed by atoms with Gasteiger partial charge in [0.15, 0.2) is 35.6 Å². The van der Waals surface area contributed by atoms with Crippen molar-refractivity contribution in [3.05, 3.63) is 166 Å². The molecule has 1 N–H and O–H groups in total. The maximum atomic E-state index is 15.8. The van der Waals surface area contributed by atoms with Crippen LogP contribution in [0.1, 0.15) is 43.6 Å². The van der Waals surface area contributed by atoms with Crippen LogP contribution in [0.2, 0.25) is 0 Å². The maximum absolute atomic E-state index is 15.8. The molecule has 2 aromatic heterocycles. The van der Waals surface area contributed by atoms with Gasteiger partial charge in [-0.15, -0.1) is 0 Å². The van der Waals surface area contributed by atoms with E-state index in [-0.39, 0.29) is 81.2 Å². The number of carbonyl (C=O) groups excluding carboxylic acids is 2. The van der Waals surface area contributed by atoms with Crippen molar-refractivity contribution >= 4 is 55.4 Å². The molecular formula is C46H31F4N3O6. The van der Waals surface area contributed by atoms with Gasteiger partial charge in [-0.3, -0.25) is 14.9 Å². The Morgan fingerprint density at radius 1 is 0.627 bits per heavy atom. The zero-order valence-electron chi connectivity index (χ0n) is 30.9. The van der Waals surface area contributed by atoms with E-state index in [1.807, 2.05) is 91.0 Å². The zero-order valence-corrected chi connectivity index (χ0v) is 30.9. The summed E-state index contributed by atoms with van der Waals surface area (Å²) < 4.78 is 93.3. The molecule has 0 aliphatic carbocycles. The quantitative estimate of drug-likeness (QED) is 0.110. The van der Waals surface area contributed by atoms with E-state index >= 15 is 17.6 Å². The molecule has 0 radical (unpaired) electrons. The van der Waals surface area contributed by atoms with Crippen LogP contribution in [0.15, 0.2) is 115 Å². The van der Waals surface area contributed by atoms with Crippen molar-refractivity contribution in [2.75, 3.05) is 6.61 Å². The number of hydrogen-bond donors (Lipinski definition) is 1. The Kier molecular flexibility index (Phi) is 8.08. The summed E-state index contributed by atoms with van der Waals surface area (Å²) in [6, 6.07) is 32.1. The highest BCUT2D eigenvalue weighted by atomic mass is 19.2. The highest BCUT2D eigenvalue weighted by Gasteiger charge is 2.64. The van der Waals surface area contributed by atoms with Crippen molar-refractivity contribution < 1.29 is 46.1 Å². The third kappa shape index (κ3) is 5.18. The average molecular weight is 798 g/mol. The van der Waals surface area contributed by atoms with E-state index in [1.54, 1.807) is 9.13 Å². The summed E-state index contributed by atoms with van der Waals surface area (Å²) >= 11 is 0. The number of imide groups is 1. The van der Waals surface area contributed by atoms with E-state index in [0.29, 0.717) is 0 Å². The molecule has 1 saturated heterocycles. The molecule has 3 aliphatic heterocycles. The van der Waals surface area contributed by atoms with Crippen molar-refractivity contribution in [2.24, 2.45) is 0 Å². The van der Waals surface area contributed by atoms with Gasteiger partial charge in [-0.25, -0.2) is 17.6 Å². The van der Waals surface area contributed by atoms with E-state index in [9.17, 15) is 9.59 Å². The molecule has 2 bridgehead atoms. The van der Waals surface area contributed by atoms with E-state index in [2.05, 4.69) is 5.32 Å². The topological polar surface area (TPSA) is 93.0 Å². The van der Waals surface area contributed by atoms with E-state index in [0.717, 1.165) is 41.0 Å². The van der Waals surface area contributed by atoms with Crippen LogP contribution in [-0.4, -0.2) is 39.8 Å². The Hall–Kier alpha value is -6.38. The third-order valence-corrected chi connectivity index (χ3v) is 11.7. The molecule has 8 aromatic rings. The third-order valence-electron chi connectivity index (χ3n) is 11.7. The molecule has 0 spiro atoms. The maximum Gasteiger partial charge on any atom is 0.259 e. The lowest BCUT2D eigenvalue weighted by atomic mass is 9.96. The predicted octanol–water partition coefficient (Wildman–Crippen LogP) is 8.93. The summed E-state index contributed by atoms with van der Waals surface area (Å²) in [5, 5.41) is 2.81. The first-order valence-electron chi connectivity index (χ1n) is 19.0. The SMILES string of the molecule is O=C1NC(=O)c2c1c1c3cc(F)c(F)cc3n3c1c1c2c2cc(F)c(F)cc2n1[C@@]1(OCc2ccccc2)C(COCc2ccccc2)O[C@@H]3C1OCc1ccccc1. The van der Waals surface area contributed by atoms with Gasteiger partial charge >= 0.3 is 0 Å². The Balaban J connectivity index is 1.28. The van der Waals surface area contributed by atoms with Gasteiger partial charge in [0.25, 0.3) is 11.8 Å². The summed E-state index contributed by atoms with van der Waals surface area (Å²) in [4.78, 5) is 27.8. The molecule has 2 unspecified atom stereocenters. The number of hydrogen-bond acceptors (Lipinski definition) is 6. The lowest BCUT2D eigenvalue weighted by Gasteiger charge is -2.40. The highest BCUT2D eigenvalue weighted by Crippen LogP contribution is 2.57. The lowest BCUT2D eigenvalue weighted by molar-refractivity contribution is -0.211. The van der Waals surface area contributed by atoms with Gasteiger partial charge in [0, 0.05) is 33.7 Å². The smallest absolute Gasteiger partial charge is 0.259 e. The van der Waals surface area contributed by atoms with Crippen LogP contribution in [0.4, 0.5) is 17.6 Å². The first-order chi connectivity index (χ1) is 28.7. The molecule has 6 aromatic carbocycles. The van der Waals surface area contributed by atoms with Crippen LogP contribution in [0.25, 0.3) is 43.6 Å². The molecular weight excluding hydrogens is 767 g/mol. The monoisotopic (exact) mass is 797 g/mol. The van der Waals surface area contributed by atoms with Crippen molar-refractivity contribution in [1.29, 1.82) is 0 Å². The van der Waals surface area contributed by atoms with Crippen LogP contribution in [0.3, 0.4) is 0 Å². The summed E-state index contributed by atoms with van der Waals surface area (Å²) in [7, 11) is 0. The van der Waals surface area contributed by atoms with Crippen LogP contribution in [-0.2, 0) is 44.5 Å². The summed E-state index contributed by atoms with van der Waals surface area (Å²) in [6.07, 6.45) is -3.45.